The molecule has 29 heavy (non-hydrogen) atoms. The first-order chi connectivity index (χ1) is 13.8. The molecule has 0 unspecified atom stereocenters. The lowest BCUT2D eigenvalue weighted by atomic mass is 9.96. The minimum absolute atomic E-state index is 0.0345. The van der Waals surface area contributed by atoms with E-state index >= 15 is 0 Å². The van der Waals surface area contributed by atoms with Crippen molar-refractivity contribution in [1.82, 2.24) is 33.8 Å². The second-order valence-corrected chi connectivity index (χ2v) is 8.84. The number of carbonyl (C=O) groups is 1. The van der Waals surface area contributed by atoms with Crippen LogP contribution in [0.1, 0.15) is 61.5 Å². The van der Waals surface area contributed by atoms with Gasteiger partial charge < -0.3 is 18.6 Å². The largest absolute Gasteiger partial charge is 0.348 e. The number of amides is 1. The van der Waals surface area contributed by atoms with Crippen LogP contribution in [0.2, 0.25) is 0 Å². The summed E-state index contributed by atoms with van der Waals surface area (Å²) in [6, 6.07) is 1.92. The molecule has 1 saturated heterocycles. The third-order valence-electron chi connectivity index (χ3n) is 5.67. The van der Waals surface area contributed by atoms with Gasteiger partial charge in [-0.15, -0.1) is 10.2 Å². The van der Waals surface area contributed by atoms with Gasteiger partial charge in [0.1, 0.15) is 5.82 Å². The number of imidazole rings is 1. The predicted molar refractivity (Wildman–Crippen MR) is 110 cm³/mol. The van der Waals surface area contributed by atoms with Crippen molar-refractivity contribution in [3.05, 3.63) is 54.4 Å². The summed E-state index contributed by atoms with van der Waals surface area (Å²) in [6.07, 6.45) is 11.4. The van der Waals surface area contributed by atoms with Gasteiger partial charge in [-0.1, -0.05) is 0 Å². The number of carbonyl (C=O) groups excluding carboxylic acids is 1. The van der Waals surface area contributed by atoms with Gasteiger partial charge >= 0.3 is 0 Å². The van der Waals surface area contributed by atoms with Gasteiger partial charge in [-0.25, -0.2) is 4.98 Å². The Bertz CT molecular complexity index is 977. The number of piperidine rings is 1. The fourth-order valence-corrected chi connectivity index (χ4v) is 3.91. The van der Waals surface area contributed by atoms with E-state index in [2.05, 4.69) is 45.1 Å². The average molecular weight is 396 g/mol. The van der Waals surface area contributed by atoms with Gasteiger partial charge in [0.05, 0.1) is 18.4 Å². The first-order valence-corrected chi connectivity index (χ1v) is 10.1. The van der Waals surface area contributed by atoms with Crippen LogP contribution in [0, 0.1) is 0 Å². The molecule has 0 aromatic carbocycles. The quantitative estimate of drug-likeness (QED) is 0.681. The number of nitrogens with zero attached hydrogens (tertiary/aromatic N) is 7. The molecule has 1 atom stereocenters. The van der Waals surface area contributed by atoms with E-state index in [-0.39, 0.29) is 17.4 Å². The molecule has 0 aliphatic carbocycles. The van der Waals surface area contributed by atoms with Gasteiger partial charge in [0.2, 0.25) is 0 Å². The molecule has 4 rings (SSSR count). The normalized spacial score (nSPS) is 17.7. The summed E-state index contributed by atoms with van der Waals surface area (Å²) in [5, 5.41) is 8.84. The van der Waals surface area contributed by atoms with Gasteiger partial charge in [0.15, 0.2) is 5.82 Å². The Balaban J connectivity index is 1.48. The molecule has 1 aliphatic rings. The number of likely N-dealkylation sites (tertiary alicyclic amines) is 1. The van der Waals surface area contributed by atoms with Crippen LogP contribution in [0.4, 0.5) is 0 Å². The van der Waals surface area contributed by atoms with Crippen LogP contribution in [-0.2, 0) is 19.1 Å². The second-order valence-electron chi connectivity index (χ2n) is 8.84. The Morgan fingerprint density at radius 2 is 2.07 bits per heavy atom. The molecule has 3 aromatic rings. The Morgan fingerprint density at radius 3 is 2.76 bits per heavy atom. The fraction of sp³-hybridized carbons (Fsp3) is 0.524. The maximum Gasteiger partial charge on any atom is 0.255 e. The van der Waals surface area contributed by atoms with E-state index < -0.39 is 0 Å². The zero-order chi connectivity index (χ0) is 20.6. The van der Waals surface area contributed by atoms with Crippen LogP contribution < -0.4 is 0 Å². The topological polar surface area (TPSA) is 73.8 Å². The van der Waals surface area contributed by atoms with Crippen LogP contribution >= 0.6 is 0 Å². The molecular formula is C21H29N7O. The maximum atomic E-state index is 13.1. The number of aromatic nitrogens is 6. The molecule has 8 nitrogen and oxygen atoms in total. The summed E-state index contributed by atoms with van der Waals surface area (Å²) in [6.45, 7) is 8.50. The van der Waals surface area contributed by atoms with Crippen LogP contribution in [0.5, 0.6) is 0 Å². The lowest BCUT2D eigenvalue weighted by Crippen LogP contribution is -2.39. The van der Waals surface area contributed by atoms with Crippen LogP contribution in [0.15, 0.2) is 37.2 Å². The SMILES string of the molecule is Cn1c(Cn2ccnc2)nnc1[C@@H]1CCCN(C(=O)c2ccn(C(C)(C)C)c2)C1. The van der Waals surface area contributed by atoms with Crippen molar-refractivity contribution in [1.29, 1.82) is 0 Å². The highest BCUT2D eigenvalue weighted by Gasteiger charge is 2.29. The lowest BCUT2D eigenvalue weighted by molar-refractivity contribution is 0.0703. The summed E-state index contributed by atoms with van der Waals surface area (Å²) in [5.41, 5.74) is 0.715. The number of hydrogen-bond donors (Lipinski definition) is 0. The van der Waals surface area contributed by atoms with E-state index in [4.69, 9.17) is 0 Å². The average Bonchev–Trinajstić information content (AvgIpc) is 3.43. The Morgan fingerprint density at radius 1 is 1.24 bits per heavy atom. The molecule has 154 valence electrons. The van der Waals surface area contributed by atoms with E-state index in [1.807, 2.05) is 41.2 Å². The third kappa shape index (κ3) is 3.97. The van der Waals surface area contributed by atoms with Gasteiger partial charge in [0, 0.05) is 56.4 Å². The van der Waals surface area contributed by atoms with Crippen molar-refractivity contribution in [2.75, 3.05) is 13.1 Å². The smallest absolute Gasteiger partial charge is 0.255 e. The lowest BCUT2D eigenvalue weighted by Gasteiger charge is -2.32. The van der Waals surface area contributed by atoms with Gasteiger partial charge in [0.25, 0.3) is 5.91 Å². The van der Waals surface area contributed by atoms with Crippen LogP contribution in [0.25, 0.3) is 0 Å². The number of hydrogen-bond acceptors (Lipinski definition) is 4. The number of rotatable bonds is 4. The van der Waals surface area contributed by atoms with Gasteiger partial charge in [-0.05, 0) is 39.7 Å². The standard InChI is InChI=1S/C21H29N7O/c1-21(2,3)28-10-7-17(13-28)20(29)27-9-5-6-16(12-27)19-24-23-18(25(19)4)14-26-11-8-22-15-26/h7-8,10-11,13,15-16H,5-6,9,12,14H2,1-4H3/t16-/m1/s1. The van der Waals surface area contributed by atoms with Crippen molar-refractivity contribution in [3.8, 4) is 0 Å². The van der Waals surface area contributed by atoms with Gasteiger partial charge in [-0.2, -0.15) is 0 Å². The zero-order valence-corrected chi connectivity index (χ0v) is 17.6. The van der Waals surface area contributed by atoms with Crippen molar-refractivity contribution in [3.63, 3.8) is 0 Å². The van der Waals surface area contributed by atoms with E-state index in [1.165, 1.54) is 0 Å². The third-order valence-corrected chi connectivity index (χ3v) is 5.67. The summed E-state index contributed by atoms with van der Waals surface area (Å²) in [7, 11) is 2.01. The molecular weight excluding hydrogens is 366 g/mol. The Hall–Kier alpha value is -2.90. The first kappa shape index (κ1) is 19.4. The first-order valence-electron chi connectivity index (χ1n) is 10.1. The maximum absolute atomic E-state index is 13.1. The van der Waals surface area contributed by atoms with Gasteiger partial charge in [-0.3, -0.25) is 4.79 Å². The molecule has 1 aliphatic heterocycles. The minimum atomic E-state index is -0.0345. The molecule has 0 radical (unpaired) electrons. The predicted octanol–water partition coefficient (Wildman–Crippen LogP) is 2.64. The zero-order valence-electron chi connectivity index (χ0n) is 17.6. The van der Waals surface area contributed by atoms with Crippen molar-refractivity contribution >= 4 is 5.91 Å². The molecule has 0 spiro atoms. The molecule has 1 fully saturated rings. The molecule has 0 bridgehead atoms. The summed E-state index contributed by atoms with van der Waals surface area (Å²) in [4.78, 5) is 19.1. The fourth-order valence-electron chi connectivity index (χ4n) is 3.91. The Kier molecular flexibility index (Phi) is 5.02. The van der Waals surface area contributed by atoms with Crippen LogP contribution in [0.3, 0.4) is 0 Å². The van der Waals surface area contributed by atoms with Crippen molar-refractivity contribution in [2.24, 2.45) is 7.05 Å². The molecule has 1 amide bonds. The molecule has 0 N–H and O–H groups in total. The van der Waals surface area contributed by atoms with Crippen LogP contribution in [-0.4, -0.2) is 52.8 Å². The van der Waals surface area contributed by atoms with Crippen molar-refractivity contribution < 1.29 is 4.79 Å². The Labute approximate surface area is 171 Å². The van der Waals surface area contributed by atoms with E-state index in [0.717, 1.165) is 36.6 Å². The summed E-state index contributed by atoms with van der Waals surface area (Å²) < 4.78 is 6.13. The highest BCUT2D eigenvalue weighted by Crippen LogP contribution is 2.27. The summed E-state index contributed by atoms with van der Waals surface area (Å²) in [5.74, 6) is 2.14. The molecule has 8 heteroatoms. The molecule has 3 aromatic heterocycles. The summed E-state index contributed by atoms with van der Waals surface area (Å²) >= 11 is 0. The highest BCUT2D eigenvalue weighted by atomic mass is 16.2. The van der Waals surface area contributed by atoms with Crippen molar-refractivity contribution in [2.45, 2.75) is 51.6 Å². The molecule has 0 saturated carbocycles. The highest BCUT2D eigenvalue weighted by molar-refractivity contribution is 5.94. The second kappa shape index (κ2) is 7.50. The molecule has 4 heterocycles. The van der Waals surface area contributed by atoms with E-state index in [0.29, 0.717) is 13.1 Å². The minimum Gasteiger partial charge on any atom is -0.348 e. The monoisotopic (exact) mass is 395 g/mol. The van der Waals surface area contributed by atoms with E-state index in [9.17, 15) is 4.79 Å². The van der Waals surface area contributed by atoms with E-state index in [1.54, 1.807) is 12.5 Å².